The Hall–Kier alpha value is -1.56. The zero-order valence-electron chi connectivity index (χ0n) is 13.8. The SMILES string of the molecule is Cc1ccc(C2C3CCC(CC3)C2c2ccc(C)cc2)cc1. The molecular weight excluding hydrogens is 264 g/mol. The monoisotopic (exact) mass is 290 g/mol. The molecule has 2 unspecified atom stereocenters. The van der Waals surface area contributed by atoms with Crippen LogP contribution in [0.15, 0.2) is 48.5 Å². The van der Waals surface area contributed by atoms with E-state index in [1.807, 2.05) is 0 Å². The van der Waals surface area contributed by atoms with Gasteiger partial charge in [-0.15, -0.1) is 0 Å². The van der Waals surface area contributed by atoms with Gasteiger partial charge in [-0.3, -0.25) is 0 Å². The highest BCUT2D eigenvalue weighted by molar-refractivity contribution is 5.34. The average molecular weight is 290 g/mol. The molecule has 0 aliphatic heterocycles. The van der Waals surface area contributed by atoms with Gasteiger partial charge in [-0.1, -0.05) is 59.7 Å². The van der Waals surface area contributed by atoms with E-state index < -0.39 is 0 Å². The number of rotatable bonds is 2. The molecule has 0 aromatic heterocycles. The highest BCUT2D eigenvalue weighted by Crippen LogP contribution is 2.57. The summed E-state index contributed by atoms with van der Waals surface area (Å²) in [7, 11) is 0. The smallest absolute Gasteiger partial charge is 0.00621 e. The fourth-order valence-corrected chi connectivity index (χ4v) is 4.99. The van der Waals surface area contributed by atoms with Crippen LogP contribution in [0.2, 0.25) is 0 Å². The average Bonchev–Trinajstić information content (AvgIpc) is 2.57. The summed E-state index contributed by atoms with van der Waals surface area (Å²) in [5.74, 6) is 3.24. The molecule has 0 saturated heterocycles. The minimum absolute atomic E-state index is 0.732. The third-order valence-electron chi connectivity index (χ3n) is 6.14. The number of hydrogen-bond acceptors (Lipinski definition) is 0. The fraction of sp³-hybridized carbons (Fsp3) is 0.455. The summed E-state index contributed by atoms with van der Waals surface area (Å²) < 4.78 is 0. The van der Waals surface area contributed by atoms with Gasteiger partial charge < -0.3 is 0 Å². The zero-order chi connectivity index (χ0) is 15.1. The molecule has 0 nitrogen and oxygen atoms in total. The lowest BCUT2D eigenvalue weighted by Gasteiger charge is -2.49. The Morgan fingerprint density at radius 3 is 1.18 bits per heavy atom. The first-order valence-electron chi connectivity index (χ1n) is 8.85. The number of hydrogen-bond donors (Lipinski definition) is 0. The van der Waals surface area contributed by atoms with Crippen molar-refractivity contribution in [3.63, 3.8) is 0 Å². The van der Waals surface area contributed by atoms with E-state index in [1.165, 1.54) is 36.8 Å². The van der Waals surface area contributed by atoms with Crippen LogP contribution in [-0.4, -0.2) is 0 Å². The van der Waals surface area contributed by atoms with E-state index in [2.05, 4.69) is 62.4 Å². The van der Waals surface area contributed by atoms with Crippen molar-refractivity contribution in [1.29, 1.82) is 0 Å². The van der Waals surface area contributed by atoms with Crippen LogP contribution >= 0.6 is 0 Å². The Bertz CT molecular complexity index is 567. The van der Waals surface area contributed by atoms with Gasteiger partial charge in [0.25, 0.3) is 0 Å². The first kappa shape index (κ1) is 14.1. The van der Waals surface area contributed by atoms with Gasteiger partial charge in [-0.25, -0.2) is 0 Å². The van der Waals surface area contributed by atoms with Gasteiger partial charge in [0.1, 0.15) is 0 Å². The van der Waals surface area contributed by atoms with Crippen LogP contribution in [-0.2, 0) is 0 Å². The van der Waals surface area contributed by atoms with E-state index in [1.54, 1.807) is 11.1 Å². The Morgan fingerprint density at radius 2 is 0.864 bits per heavy atom. The van der Waals surface area contributed by atoms with Crippen LogP contribution in [0.25, 0.3) is 0 Å². The lowest BCUT2D eigenvalue weighted by atomic mass is 9.55. The standard InChI is InChI=1S/C22H26/c1-15-3-7-17(8-4-15)21-19-11-13-20(14-12-19)22(21)18-9-5-16(2)6-10-18/h3-10,19-22H,11-14H2,1-2H3. The van der Waals surface area contributed by atoms with Crippen LogP contribution in [0.5, 0.6) is 0 Å². The summed E-state index contributed by atoms with van der Waals surface area (Å²) in [6, 6.07) is 18.7. The van der Waals surface area contributed by atoms with Crippen LogP contribution in [0.4, 0.5) is 0 Å². The molecule has 2 atom stereocenters. The number of fused-ring (bicyclic) bond motifs is 3. The normalized spacial score (nSPS) is 30.5. The third-order valence-corrected chi connectivity index (χ3v) is 6.14. The molecule has 3 aliphatic carbocycles. The largest absolute Gasteiger partial charge is 0.0590 e. The molecule has 2 bridgehead atoms. The van der Waals surface area contributed by atoms with E-state index in [0.717, 1.165) is 23.7 Å². The summed E-state index contributed by atoms with van der Waals surface area (Å²) in [6.07, 6.45) is 5.74. The van der Waals surface area contributed by atoms with Gasteiger partial charge in [-0.2, -0.15) is 0 Å². The second kappa shape index (κ2) is 5.57. The quantitative estimate of drug-likeness (QED) is 0.637. The van der Waals surface area contributed by atoms with Crippen molar-refractivity contribution in [3.05, 3.63) is 70.8 Å². The van der Waals surface area contributed by atoms with Crippen molar-refractivity contribution in [3.8, 4) is 0 Å². The van der Waals surface area contributed by atoms with Gasteiger partial charge in [0.05, 0.1) is 0 Å². The molecular formula is C22H26. The molecule has 0 spiro atoms. The number of benzene rings is 2. The third kappa shape index (κ3) is 2.39. The van der Waals surface area contributed by atoms with Gasteiger partial charge in [-0.05, 0) is 74.3 Å². The minimum Gasteiger partial charge on any atom is -0.0590 e. The molecule has 2 aromatic carbocycles. The van der Waals surface area contributed by atoms with E-state index in [9.17, 15) is 0 Å². The maximum absolute atomic E-state index is 2.39. The van der Waals surface area contributed by atoms with Crippen LogP contribution in [0.3, 0.4) is 0 Å². The van der Waals surface area contributed by atoms with Crippen molar-refractivity contribution in [2.45, 2.75) is 51.4 Å². The van der Waals surface area contributed by atoms with Crippen LogP contribution < -0.4 is 0 Å². The van der Waals surface area contributed by atoms with Crippen molar-refractivity contribution in [2.75, 3.05) is 0 Å². The van der Waals surface area contributed by atoms with Crippen molar-refractivity contribution in [2.24, 2.45) is 11.8 Å². The first-order chi connectivity index (χ1) is 10.7. The summed E-state index contributed by atoms with van der Waals surface area (Å²) in [4.78, 5) is 0. The molecule has 3 aliphatic rings. The van der Waals surface area contributed by atoms with Crippen molar-refractivity contribution >= 4 is 0 Å². The molecule has 0 amide bonds. The second-order valence-corrected chi connectivity index (χ2v) is 7.55. The molecule has 0 radical (unpaired) electrons. The molecule has 0 heteroatoms. The van der Waals surface area contributed by atoms with Crippen molar-refractivity contribution in [1.82, 2.24) is 0 Å². The van der Waals surface area contributed by atoms with E-state index in [0.29, 0.717) is 0 Å². The summed E-state index contributed by atoms with van der Waals surface area (Å²) in [5.41, 5.74) is 5.89. The van der Waals surface area contributed by atoms with E-state index in [-0.39, 0.29) is 0 Å². The minimum atomic E-state index is 0.732. The summed E-state index contributed by atoms with van der Waals surface area (Å²) in [5, 5.41) is 0. The molecule has 0 heterocycles. The zero-order valence-corrected chi connectivity index (χ0v) is 13.8. The van der Waals surface area contributed by atoms with Crippen LogP contribution in [0, 0.1) is 25.7 Å². The lowest BCUT2D eigenvalue weighted by molar-refractivity contribution is 0.113. The molecule has 3 fully saturated rings. The molecule has 22 heavy (non-hydrogen) atoms. The highest BCUT2D eigenvalue weighted by atomic mass is 14.5. The van der Waals surface area contributed by atoms with Gasteiger partial charge in [0, 0.05) is 0 Å². The molecule has 5 rings (SSSR count). The second-order valence-electron chi connectivity index (χ2n) is 7.55. The fourth-order valence-electron chi connectivity index (χ4n) is 4.99. The Labute approximate surface area is 134 Å². The first-order valence-corrected chi connectivity index (χ1v) is 8.85. The maximum atomic E-state index is 2.39. The topological polar surface area (TPSA) is 0 Å². The van der Waals surface area contributed by atoms with E-state index >= 15 is 0 Å². The maximum Gasteiger partial charge on any atom is -0.00621 e. The predicted octanol–water partition coefficient (Wildman–Crippen LogP) is 5.99. The van der Waals surface area contributed by atoms with Crippen LogP contribution in [0.1, 0.15) is 59.8 Å². The number of aryl methyl sites for hydroxylation is 2. The van der Waals surface area contributed by atoms with Gasteiger partial charge in [0.15, 0.2) is 0 Å². The van der Waals surface area contributed by atoms with E-state index in [4.69, 9.17) is 0 Å². The summed E-state index contributed by atoms with van der Waals surface area (Å²) >= 11 is 0. The highest BCUT2D eigenvalue weighted by Gasteiger charge is 2.44. The lowest BCUT2D eigenvalue weighted by Crippen LogP contribution is -2.37. The molecule has 114 valence electrons. The van der Waals surface area contributed by atoms with Gasteiger partial charge in [0.2, 0.25) is 0 Å². The molecule has 0 N–H and O–H groups in total. The van der Waals surface area contributed by atoms with Gasteiger partial charge >= 0.3 is 0 Å². The Morgan fingerprint density at radius 1 is 0.545 bits per heavy atom. The summed E-state index contributed by atoms with van der Waals surface area (Å²) in [6.45, 7) is 4.38. The molecule has 3 saturated carbocycles. The van der Waals surface area contributed by atoms with Crippen molar-refractivity contribution < 1.29 is 0 Å². The predicted molar refractivity (Wildman–Crippen MR) is 93.3 cm³/mol. The molecule has 2 aromatic rings. The Kier molecular flexibility index (Phi) is 3.56. The Balaban J connectivity index is 1.75.